The van der Waals surface area contributed by atoms with Crippen LogP contribution in [0.4, 0.5) is 5.69 Å². The van der Waals surface area contributed by atoms with Crippen LogP contribution in [0.1, 0.15) is 27.1 Å². The predicted molar refractivity (Wildman–Crippen MR) is 121 cm³/mol. The number of carbonyl (C=O) groups is 4. The van der Waals surface area contributed by atoms with Crippen molar-refractivity contribution in [3.05, 3.63) is 81.9 Å². The van der Waals surface area contributed by atoms with Gasteiger partial charge in [0.2, 0.25) is 0 Å². The highest BCUT2D eigenvalue weighted by molar-refractivity contribution is 6.10. The molecule has 2 aromatic rings. The molecule has 1 heterocycles. The molecule has 178 valence electrons. The van der Waals surface area contributed by atoms with Gasteiger partial charge in [0.1, 0.15) is 12.3 Å². The molecule has 0 radical (unpaired) electrons. The van der Waals surface area contributed by atoms with Gasteiger partial charge in [-0.3, -0.25) is 29.3 Å². The van der Waals surface area contributed by atoms with E-state index in [4.69, 9.17) is 4.74 Å². The maximum absolute atomic E-state index is 13.5. The smallest absolute Gasteiger partial charge is 0.273 e. The summed E-state index contributed by atoms with van der Waals surface area (Å²) in [4.78, 5) is 64.0. The number of nitro benzene ring substituents is 1. The van der Waals surface area contributed by atoms with Crippen LogP contribution < -0.4 is 4.74 Å². The highest BCUT2D eigenvalue weighted by Crippen LogP contribution is 2.52. The van der Waals surface area contributed by atoms with Crippen molar-refractivity contribution in [1.82, 2.24) is 10.0 Å². The van der Waals surface area contributed by atoms with Crippen LogP contribution in [0, 0.1) is 33.8 Å². The molecule has 0 spiro atoms. The first kappa shape index (κ1) is 22.5. The van der Waals surface area contributed by atoms with Gasteiger partial charge in [-0.2, -0.15) is 5.01 Å². The van der Waals surface area contributed by atoms with E-state index < -0.39 is 46.8 Å². The number of hydrogen-bond donors (Lipinski definition) is 0. The number of non-ortho nitro benzene ring substituents is 1. The van der Waals surface area contributed by atoms with Crippen LogP contribution in [0.5, 0.6) is 5.75 Å². The molecule has 2 aromatic carbocycles. The van der Waals surface area contributed by atoms with E-state index in [0.717, 1.165) is 16.1 Å². The quantitative estimate of drug-likeness (QED) is 0.198. The lowest BCUT2D eigenvalue weighted by atomic mass is 9.85. The summed E-state index contributed by atoms with van der Waals surface area (Å²) in [6.07, 6.45) is 4.57. The number of carbonyl (C=O) groups excluding carboxylic acids is 4. The van der Waals surface area contributed by atoms with Crippen molar-refractivity contribution in [1.29, 1.82) is 0 Å². The summed E-state index contributed by atoms with van der Waals surface area (Å²) in [7, 11) is 1.49. The van der Waals surface area contributed by atoms with E-state index in [9.17, 15) is 29.3 Å². The topological polar surface area (TPSA) is 127 Å². The molecule has 0 N–H and O–H groups in total. The Bertz CT molecular complexity index is 1260. The van der Waals surface area contributed by atoms with Crippen LogP contribution in [-0.4, -0.2) is 52.1 Å². The Hall–Kier alpha value is -4.34. The minimum Gasteiger partial charge on any atom is -0.497 e. The maximum atomic E-state index is 13.5. The van der Waals surface area contributed by atoms with Gasteiger partial charge in [0.25, 0.3) is 23.4 Å². The Kier molecular flexibility index (Phi) is 5.43. The third kappa shape index (κ3) is 3.67. The van der Waals surface area contributed by atoms with Crippen molar-refractivity contribution in [3.63, 3.8) is 0 Å². The van der Waals surface area contributed by atoms with Gasteiger partial charge in [0.15, 0.2) is 5.78 Å². The highest BCUT2D eigenvalue weighted by atomic mass is 16.6. The third-order valence-electron chi connectivity index (χ3n) is 6.93. The fraction of sp³-hybridized carbons (Fsp3) is 0.280. The van der Waals surface area contributed by atoms with Crippen molar-refractivity contribution < 1.29 is 28.8 Å². The number of fused-ring (bicyclic) bond motifs is 5. The van der Waals surface area contributed by atoms with Crippen molar-refractivity contribution in [2.75, 3.05) is 13.7 Å². The summed E-state index contributed by atoms with van der Waals surface area (Å²) in [5, 5.41) is 12.8. The van der Waals surface area contributed by atoms with Crippen LogP contribution in [-0.2, 0) is 9.59 Å². The van der Waals surface area contributed by atoms with Gasteiger partial charge in [0, 0.05) is 23.3 Å². The SMILES string of the molecule is COc1ccc(C(=O)CN(C(=O)c2cccc([N+](=O)[O-])c2)N2C(=O)[C@@H]3[C@H](C2=O)[C@H]2C=C[C@H]3C2)cc1. The molecule has 0 unspecified atom stereocenters. The van der Waals surface area contributed by atoms with Gasteiger partial charge in [-0.1, -0.05) is 18.2 Å². The molecule has 1 aliphatic heterocycles. The van der Waals surface area contributed by atoms with Gasteiger partial charge in [-0.15, -0.1) is 0 Å². The van der Waals surface area contributed by atoms with Crippen LogP contribution in [0.25, 0.3) is 0 Å². The molecule has 3 aliphatic rings. The average molecular weight is 475 g/mol. The van der Waals surface area contributed by atoms with E-state index in [1.807, 2.05) is 12.2 Å². The maximum Gasteiger partial charge on any atom is 0.273 e. The number of allylic oxidation sites excluding steroid dienone is 2. The zero-order chi connectivity index (χ0) is 24.9. The monoisotopic (exact) mass is 475 g/mol. The highest BCUT2D eigenvalue weighted by Gasteiger charge is 2.61. The van der Waals surface area contributed by atoms with Crippen molar-refractivity contribution in [3.8, 4) is 5.75 Å². The minimum absolute atomic E-state index is 0.0847. The van der Waals surface area contributed by atoms with Gasteiger partial charge in [0.05, 0.1) is 23.9 Å². The number of benzene rings is 2. The third-order valence-corrected chi connectivity index (χ3v) is 6.93. The molecule has 1 saturated heterocycles. The van der Waals surface area contributed by atoms with E-state index in [1.54, 1.807) is 12.1 Å². The fourth-order valence-corrected chi connectivity index (χ4v) is 5.26. The Morgan fingerprint density at radius 1 is 1.03 bits per heavy atom. The molecule has 0 aromatic heterocycles. The summed E-state index contributed by atoms with van der Waals surface area (Å²) in [6, 6.07) is 11.2. The number of ketones is 1. The summed E-state index contributed by atoms with van der Waals surface area (Å²) in [5.41, 5.74) is -0.181. The molecule has 2 fully saturated rings. The fourth-order valence-electron chi connectivity index (χ4n) is 5.26. The van der Waals surface area contributed by atoms with Gasteiger partial charge < -0.3 is 4.74 Å². The number of methoxy groups -OCH3 is 1. The van der Waals surface area contributed by atoms with E-state index >= 15 is 0 Å². The summed E-state index contributed by atoms with van der Waals surface area (Å²) < 4.78 is 5.10. The van der Waals surface area contributed by atoms with E-state index in [0.29, 0.717) is 12.2 Å². The lowest BCUT2D eigenvalue weighted by Gasteiger charge is -2.30. The standard InChI is InChI=1S/C25H21N3O7/c1-35-19-9-7-14(8-10-19)20(29)13-26(23(30)17-3-2-4-18(12-17)28(33)34)27-24(31)21-15-5-6-16(11-15)22(21)25(27)32/h2-10,12,15-16,21-22H,11,13H2,1H3/t15-,16-,21-,22+/m0/s1. The predicted octanol–water partition coefficient (Wildman–Crippen LogP) is 2.65. The molecule has 3 amide bonds. The van der Waals surface area contributed by atoms with Crippen molar-refractivity contribution >= 4 is 29.2 Å². The van der Waals surface area contributed by atoms with Crippen molar-refractivity contribution in [2.24, 2.45) is 23.7 Å². The lowest BCUT2D eigenvalue weighted by molar-refractivity contribution is -0.384. The first-order valence-electron chi connectivity index (χ1n) is 11.1. The van der Waals surface area contributed by atoms with Gasteiger partial charge >= 0.3 is 0 Å². The second-order valence-electron chi connectivity index (χ2n) is 8.81. The second-order valence-corrected chi connectivity index (χ2v) is 8.81. The number of nitro groups is 1. The first-order chi connectivity index (χ1) is 16.8. The van der Waals surface area contributed by atoms with Crippen LogP contribution >= 0.6 is 0 Å². The molecule has 10 heteroatoms. The van der Waals surface area contributed by atoms with Crippen LogP contribution in [0.3, 0.4) is 0 Å². The number of amides is 3. The van der Waals surface area contributed by atoms with E-state index in [1.165, 1.54) is 37.4 Å². The molecule has 10 nitrogen and oxygen atoms in total. The number of hydrazine groups is 1. The molecular formula is C25H21N3O7. The number of Topliss-reactive ketones (excluding diaryl/α,β-unsaturated/α-hetero) is 1. The van der Waals surface area contributed by atoms with Gasteiger partial charge in [-0.25, -0.2) is 5.01 Å². The summed E-state index contributed by atoms with van der Waals surface area (Å²) in [6.45, 7) is -0.590. The number of nitrogens with zero attached hydrogens (tertiary/aromatic N) is 3. The van der Waals surface area contributed by atoms with E-state index in [2.05, 4.69) is 0 Å². The normalized spacial score (nSPS) is 24.0. The zero-order valence-electron chi connectivity index (χ0n) is 18.7. The lowest BCUT2D eigenvalue weighted by Crippen LogP contribution is -2.52. The van der Waals surface area contributed by atoms with Gasteiger partial charge in [-0.05, 0) is 48.6 Å². The van der Waals surface area contributed by atoms with E-state index in [-0.39, 0.29) is 28.7 Å². The number of imide groups is 1. The molecule has 5 rings (SSSR count). The molecule has 35 heavy (non-hydrogen) atoms. The number of rotatable bonds is 7. The number of hydrogen-bond acceptors (Lipinski definition) is 7. The first-order valence-corrected chi connectivity index (χ1v) is 11.1. The number of ether oxygens (including phenoxy) is 1. The minimum atomic E-state index is -0.849. The second kappa shape index (κ2) is 8.46. The zero-order valence-corrected chi connectivity index (χ0v) is 18.7. The molecule has 4 atom stereocenters. The Labute approximate surface area is 199 Å². The summed E-state index contributed by atoms with van der Waals surface area (Å²) in [5.74, 6) is -3.20. The molecule has 2 bridgehead atoms. The molecular weight excluding hydrogens is 454 g/mol. The molecule has 1 saturated carbocycles. The average Bonchev–Trinajstić information content (AvgIpc) is 3.56. The Morgan fingerprint density at radius 2 is 1.66 bits per heavy atom. The van der Waals surface area contributed by atoms with Crippen LogP contribution in [0.2, 0.25) is 0 Å². The molecule has 2 aliphatic carbocycles. The Balaban J connectivity index is 1.50. The van der Waals surface area contributed by atoms with Crippen LogP contribution in [0.15, 0.2) is 60.7 Å². The van der Waals surface area contributed by atoms with Crippen molar-refractivity contribution in [2.45, 2.75) is 6.42 Å². The summed E-state index contributed by atoms with van der Waals surface area (Å²) >= 11 is 0. The Morgan fingerprint density at radius 3 is 2.23 bits per heavy atom. The largest absolute Gasteiger partial charge is 0.497 e.